The van der Waals surface area contributed by atoms with Gasteiger partial charge in [0.2, 0.25) is 0 Å². The van der Waals surface area contributed by atoms with Gasteiger partial charge in [0.25, 0.3) is 0 Å². The fraction of sp³-hybridized carbons (Fsp3) is 0.538. The second-order valence-corrected chi connectivity index (χ2v) is 4.21. The van der Waals surface area contributed by atoms with Gasteiger partial charge in [0.15, 0.2) is 0 Å². The zero-order chi connectivity index (χ0) is 10.5. The predicted molar refractivity (Wildman–Crippen MR) is 62.1 cm³/mol. The minimum Gasteiger partial charge on any atom is -0.492 e. The van der Waals surface area contributed by atoms with E-state index < -0.39 is 0 Å². The third-order valence-electron chi connectivity index (χ3n) is 3.26. The van der Waals surface area contributed by atoms with Crippen LogP contribution in [0.2, 0.25) is 0 Å². The maximum absolute atomic E-state index is 5.75. The standard InChI is InChI=1S/C13H19NO/c1-14-13(11-6-5-7-11)10-15-12-8-3-2-4-9-12/h2-4,8-9,11,13-14H,5-7,10H2,1H3. The Morgan fingerprint density at radius 3 is 2.60 bits per heavy atom. The average molecular weight is 205 g/mol. The molecule has 0 heterocycles. The summed E-state index contributed by atoms with van der Waals surface area (Å²) in [6, 6.07) is 10.6. The van der Waals surface area contributed by atoms with Crippen LogP contribution in [0.25, 0.3) is 0 Å². The molecule has 0 aliphatic heterocycles. The molecule has 1 aliphatic rings. The topological polar surface area (TPSA) is 21.3 Å². The molecule has 1 atom stereocenters. The predicted octanol–water partition coefficient (Wildman–Crippen LogP) is 2.45. The SMILES string of the molecule is CNC(COc1ccccc1)C1CCC1. The van der Waals surface area contributed by atoms with E-state index in [1.54, 1.807) is 0 Å². The van der Waals surface area contributed by atoms with E-state index in [9.17, 15) is 0 Å². The van der Waals surface area contributed by atoms with Crippen molar-refractivity contribution in [3.8, 4) is 5.75 Å². The fourth-order valence-electron chi connectivity index (χ4n) is 2.00. The first-order valence-corrected chi connectivity index (χ1v) is 5.75. The van der Waals surface area contributed by atoms with Gasteiger partial charge in [-0.2, -0.15) is 0 Å². The van der Waals surface area contributed by atoms with Crippen molar-refractivity contribution in [1.29, 1.82) is 0 Å². The van der Waals surface area contributed by atoms with Crippen LogP contribution in [0.1, 0.15) is 19.3 Å². The third kappa shape index (κ3) is 2.72. The van der Waals surface area contributed by atoms with E-state index in [0.717, 1.165) is 18.3 Å². The highest BCUT2D eigenvalue weighted by atomic mass is 16.5. The number of hydrogen-bond donors (Lipinski definition) is 1. The summed E-state index contributed by atoms with van der Waals surface area (Å²) in [4.78, 5) is 0. The summed E-state index contributed by atoms with van der Waals surface area (Å²) in [5, 5.41) is 3.35. The lowest BCUT2D eigenvalue weighted by atomic mass is 9.80. The van der Waals surface area contributed by atoms with Crippen molar-refractivity contribution >= 4 is 0 Å². The third-order valence-corrected chi connectivity index (χ3v) is 3.26. The molecule has 0 saturated heterocycles. The van der Waals surface area contributed by atoms with E-state index >= 15 is 0 Å². The smallest absolute Gasteiger partial charge is 0.119 e. The molecule has 0 aromatic heterocycles. The summed E-state index contributed by atoms with van der Waals surface area (Å²) in [5.74, 6) is 1.79. The van der Waals surface area contributed by atoms with Gasteiger partial charge < -0.3 is 10.1 Å². The maximum Gasteiger partial charge on any atom is 0.119 e. The van der Waals surface area contributed by atoms with Crippen molar-refractivity contribution in [1.82, 2.24) is 5.32 Å². The summed E-state index contributed by atoms with van der Waals surface area (Å²) >= 11 is 0. The summed E-state index contributed by atoms with van der Waals surface area (Å²) in [7, 11) is 2.03. The first kappa shape index (κ1) is 10.5. The van der Waals surface area contributed by atoms with Gasteiger partial charge in [0.05, 0.1) is 0 Å². The molecule has 1 N–H and O–H groups in total. The van der Waals surface area contributed by atoms with Gasteiger partial charge in [-0.25, -0.2) is 0 Å². The Kier molecular flexibility index (Phi) is 3.62. The molecule has 1 saturated carbocycles. The summed E-state index contributed by atoms with van der Waals surface area (Å²) in [6.45, 7) is 0.783. The Balaban J connectivity index is 1.80. The van der Waals surface area contributed by atoms with Gasteiger partial charge in [-0.05, 0) is 37.9 Å². The molecule has 1 fully saturated rings. The van der Waals surface area contributed by atoms with Gasteiger partial charge in [-0.3, -0.25) is 0 Å². The van der Waals surface area contributed by atoms with E-state index in [1.165, 1.54) is 19.3 Å². The van der Waals surface area contributed by atoms with Crippen molar-refractivity contribution in [3.63, 3.8) is 0 Å². The van der Waals surface area contributed by atoms with E-state index in [0.29, 0.717) is 6.04 Å². The van der Waals surface area contributed by atoms with Gasteiger partial charge in [0, 0.05) is 6.04 Å². The van der Waals surface area contributed by atoms with Crippen molar-refractivity contribution in [3.05, 3.63) is 30.3 Å². The number of likely N-dealkylation sites (N-methyl/N-ethyl adjacent to an activating group) is 1. The second-order valence-electron chi connectivity index (χ2n) is 4.21. The lowest BCUT2D eigenvalue weighted by Crippen LogP contribution is -2.41. The molecule has 1 aromatic rings. The zero-order valence-corrected chi connectivity index (χ0v) is 9.28. The van der Waals surface area contributed by atoms with E-state index in [2.05, 4.69) is 5.32 Å². The van der Waals surface area contributed by atoms with Crippen LogP contribution in [0.4, 0.5) is 0 Å². The highest BCUT2D eigenvalue weighted by Crippen LogP contribution is 2.29. The zero-order valence-electron chi connectivity index (χ0n) is 9.28. The molecule has 1 unspecified atom stereocenters. The van der Waals surface area contributed by atoms with Crippen LogP contribution in [0.15, 0.2) is 30.3 Å². The molecule has 0 radical (unpaired) electrons. The van der Waals surface area contributed by atoms with Crippen molar-refractivity contribution in [2.24, 2.45) is 5.92 Å². The quantitative estimate of drug-likeness (QED) is 0.797. The van der Waals surface area contributed by atoms with Crippen LogP contribution in [-0.2, 0) is 0 Å². The Hall–Kier alpha value is -1.02. The van der Waals surface area contributed by atoms with Crippen molar-refractivity contribution in [2.45, 2.75) is 25.3 Å². The van der Waals surface area contributed by atoms with Crippen LogP contribution in [0.5, 0.6) is 5.75 Å². The molecule has 1 aromatic carbocycles. The Morgan fingerprint density at radius 2 is 2.07 bits per heavy atom. The van der Waals surface area contributed by atoms with E-state index in [-0.39, 0.29) is 0 Å². The van der Waals surface area contributed by atoms with Gasteiger partial charge in [0.1, 0.15) is 12.4 Å². The molecule has 1 aliphatic carbocycles. The van der Waals surface area contributed by atoms with Crippen LogP contribution in [-0.4, -0.2) is 19.7 Å². The molecule has 2 rings (SSSR count). The van der Waals surface area contributed by atoms with Crippen molar-refractivity contribution in [2.75, 3.05) is 13.7 Å². The molecule has 0 spiro atoms. The monoisotopic (exact) mass is 205 g/mol. The summed E-state index contributed by atoms with van der Waals surface area (Å²) in [5.41, 5.74) is 0. The second kappa shape index (κ2) is 5.17. The van der Waals surface area contributed by atoms with E-state index in [4.69, 9.17) is 4.74 Å². The molecule has 2 heteroatoms. The van der Waals surface area contributed by atoms with Crippen LogP contribution in [0, 0.1) is 5.92 Å². The van der Waals surface area contributed by atoms with Crippen LogP contribution in [0.3, 0.4) is 0 Å². The van der Waals surface area contributed by atoms with Gasteiger partial charge >= 0.3 is 0 Å². The van der Waals surface area contributed by atoms with Gasteiger partial charge in [-0.1, -0.05) is 24.6 Å². The maximum atomic E-state index is 5.75. The summed E-state index contributed by atoms with van der Waals surface area (Å²) in [6.07, 6.45) is 4.08. The lowest BCUT2D eigenvalue weighted by molar-refractivity contribution is 0.168. The number of benzene rings is 1. The van der Waals surface area contributed by atoms with Crippen molar-refractivity contribution < 1.29 is 4.74 Å². The fourth-order valence-corrected chi connectivity index (χ4v) is 2.00. The molecular formula is C13H19NO. The number of nitrogens with one attached hydrogen (secondary N) is 1. The van der Waals surface area contributed by atoms with E-state index in [1.807, 2.05) is 37.4 Å². The minimum atomic E-state index is 0.513. The molecule has 2 nitrogen and oxygen atoms in total. The first-order chi connectivity index (χ1) is 7.40. The van der Waals surface area contributed by atoms with Gasteiger partial charge in [-0.15, -0.1) is 0 Å². The molecule has 0 bridgehead atoms. The lowest BCUT2D eigenvalue weighted by Gasteiger charge is -2.33. The highest BCUT2D eigenvalue weighted by Gasteiger charge is 2.26. The van der Waals surface area contributed by atoms with Crippen LogP contribution < -0.4 is 10.1 Å². The minimum absolute atomic E-state index is 0.513. The number of para-hydroxylation sites is 1. The number of rotatable bonds is 5. The molecule has 0 amide bonds. The average Bonchev–Trinajstić information content (AvgIpc) is 2.23. The normalized spacial score (nSPS) is 18.2. The molecular weight excluding hydrogens is 186 g/mol. The number of ether oxygens (including phenoxy) is 1. The highest BCUT2D eigenvalue weighted by molar-refractivity contribution is 5.20. The largest absolute Gasteiger partial charge is 0.492 e. The Labute approximate surface area is 91.6 Å². The Morgan fingerprint density at radius 1 is 1.33 bits per heavy atom. The molecule has 15 heavy (non-hydrogen) atoms. The first-order valence-electron chi connectivity index (χ1n) is 5.75. The molecule has 82 valence electrons. The number of hydrogen-bond acceptors (Lipinski definition) is 2. The summed E-state index contributed by atoms with van der Waals surface area (Å²) < 4.78 is 5.75. The Bertz CT molecular complexity index is 282. The van der Waals surface area contributed by atoms with Crippen LogP contribution >= 0.6 is 0 Å².